The maximum atomic E-state index is 13.0. The Kier molecular flexibility index (Phi) is 5.79. The van der Waals surface area contributed by atoms with Crippen LogP contribution in [0.4, 0.5) is 0 Å². The van der Waals surface area contributed by atoms with Gasteiger partial charge in [-0.05, 0) is 36.4 Å². The lowest BCUT2D eigenvalue weighted by Crippen LogP contribution is -2.42. The highest BCUT2D eigenvalue weighted by atomic mass is 32.2. The van der Waals surface area contributed by atoms with Gasteiger partial charge in [0.05, 0.1) is 7.11 Å². The molecule has 4 heterocycles. The molecule has 10 nitrogen and oxygen atoms in total. The molecule has 12 heteroatoms. The Bertz CT molecular complexity index is 1100. The predicted octanol–water partition coefficient (Wildman–Crippen LogP) is 1.74. The van der Waals surface area contributed by atoms with Crippen LogP contribution in [0.25, 0.3) is 5.82 Å². The summed E-state index contributed by atoms with van der Waals surface area (Å²) in [6, 6.07) is 6.69. The number of carbonyl (C=O) groups excluding carboxylic acids is 1. The zero-order valence-electron chi connectivity index (χ0n) is 16.0. The van der Waals surface area contributed by atoms with Crippen LogP contribution >= 0.6 is 11.3 Å². The molecule has 1 fully saturated rings. The van der Waals surface area contributed by atoms with E-state index in [0.717, 1.165) is 11.3 Å². The molecular weight excluding hydrogens is 430 g/mol. The van der Waals surface area contributed by atoms with Crippen LogP contribution in [0.1, 0.15) is 22.5 Å². The van der Waals surface area contributed by atoms with E-state index in [0.29, 0.717) is 24.5 Å². The van der Waals surface area contributed by atoms with E-state index in [2.05, 4.69) is 20.0 Å². The molecule has 0 saturated carbocycles. The maximum absolute atomic E-state index is 13.0. The number of sulfonamides is 1. The monoisotopic (exact) mass is 449 g/mol. The lowest BCUT2D eigenvalue weighted by molar-refractivity contribution is 0.0602. The highest BCUT2D eigenvalue weighted by molar-refractivity contribution is 7.89. The van der Waals surface area contributed by atoms with E-state index in [1.54, 1.807) is 40.7 Å². The second-order valence-corrected chi connectivity index (χ2v) is 9.33. The Labute approximate surface area is 177 Å². The zero-order valence-corrected chi connectivity index (χ0v) is 17.7. The Morgan fingerprint density at radius 2 is 2.00 bits per heavy atom. The average molecular weight is 450 g/mol. The fourth-order valence-electron chi connectivity index (χ4n) is 3.14. The number of ether oxygens (including phenoxy) is 2. The van der Waals surface area contributed by atoms with Crippen LogP contribution in [0.3, 0.4) is 0 Å². The van der Waals surface area contributed by atoms with Crippen molar-refractivity contribution in [3.8, 4) is 11.7 Å². The molecule has 0 amide bonds. The number of hydrogen-bond donors (Lipinski definition) is 0. The van der Waals surface area contributed by atoms with Crippen molar-refractivity contribution in [3.05, 3.63) is 46.9 Å². The molecule has 158 valence electrons. The highest BCUT2D eigenvalue weighted by Gasteiger charge is 2.34. The van der Waals surface area contributed by atoms with Gasteiger partial charge in [-0.3, -0.25) is 0 Å². The minimum atomic E-state index is -3.78. The summed E-state index contributed by atoms with van der Waals surface area (Å²) in [6.45, 7) is 0.560. The van der Waals surface area contributed by atoms with Crippen LogP contribution in [-0.2, 0) is 14.8 Å². The first-order valence-electron chi connectivity index (χ1n) is 9.15. The summed E-state index contributed by atoms with van der Waals surface area (Å²) in [5.74, 6) is 0.294. The third kappa shape index (κ3) is 4.06. The third-order valence-electron chi connectivity index (χ3n) is 4.67. The molecule has 0 N–H and O–H groups in total. The van der Waals surface area contributed by atoms with Crippen LogP contribution in [0.5, 0.6) is 5.88 Å². The minimum Gasteiger partial charge on any atom is -0.473 e. The highest BCUT2D eigenvalue weighted by Crippen LogP contribution is 2.28. The number of aromatic nitrogens is 4. The second-order valence-electron chi connectivity index (χ2n) is 6.51. The predicted molar refractivity (Wildman–Crippen MR) is 107 cm³/mol. The van der Waals surface area contributed by atoms with Gasteiger partial charge in [-0.15, -0.1) is 21.5 Å². The van der Waals surface area contributed by atoms with Crippen molar-refractivity contribution in [2.75, 3.05) is 20.2 Å². The van der Waals surface area contributed by atoms with Crippen LogP contribution in [0.2, 0.25) is 0 Å². The molecule has 3 aromatic rings. The van der Waals surface area contributed by atoms with Crippen LogP contribution in [-0.4, -0.2) is 65.0 Å². The summed E-state index contributed by atoms with van der Waals surface area (Å²) in [5, 5.41) is 13.8. The van der Waals surface area contributed by atoms with Gasteiger partial charge in [0.2, 0.25) is 15.9 Å². The summed E-state index contributed by atoms with van der Waals surface area (Å²) < 4.78 is 39.4. The van der Waals surface area contributed by atoms with E-state index in [1.807, 2.05) is 0 Å². The number of rotatable bonds is 6. The van der Waals surface area contributed by atoms with E-state index in [9.17, 15) is 13.2 Å². The standard InChI is InChI=1S/C18H19N5O5S2/c1-27-18(24)17-14(7-12-29-17)30(25,26)22-10-5-13(6-11-22)28-16-4-3-15(20-21-16)23-9-2-8-19-23/h2-4,7-9,12-13H,5-6,10-11H2,1H3. The fourth-order valence-corrected chi connectivity index (χ4v) is 5.92. The van der Waals surface area contributed by atoms with Gasteiger partial charge in [-0.1, -0.05) is 0 Å². The van der Waals surface area contributed by atoms with Crippen molar-refractivity contribution in [2.45, 2.75) is 23.8 Å². The molecule has 0 aromatic carbocycles. The van der Waals surface area contributed by atoms with Crippen molar-refractivity contribution in [1.29, 1.82) is 0 Å². The fraction of sp³-hybridized carbons (Fsp3) is 0.333. The number of methoxy groups -OCH3 is 1. The van der Waals surface area contributed by atoms with Gasteiger partial charge in [-0.25, -0.2) is 17.9 Å². The molecule has 1 aliphatic heterocycles. The van der Waals surface area contributed by atoms with Crippen LogP contribution in [0, 0.1) is 0 Å². The molecule has 30 heavy (non-hydrogen) atoms. The SMILES string of the molecule is COC(=O)c1sccc1S(=O)(=O)N1CCC(Oc2ccc(-n3cccn3)nn2)CC1. The molecular formula is C18H19N5O5S2. The first-order chi connectivity index (χ1) is 14.5. The maximum Gasteiger partial charge on any atom is 0.349 e. The molecule has 0 spiro atoms. The first-order valence-corrected chi connectivity index (χ1v) is 11.5. The van der Waals surface area contributed by atoms with E-state index < -0.39 is 16.0 Å². The van der Waals surface area contributed by atoms with Crippen LogP contribution in [0.15, 0.2) is 46.9 Å². The van der Waals surface area contributed by atoms with Crippen molar-refractivity contribution >= 4 is 27.3 Å². The smallest absolute Gasteiger partial charge is 0.349 e. The van der Waals surface area contributed by atoms with Crippen LogP contribution < -0.4 is 4.74 Å². The first kappa shape index (κ1) is 20.4. The number of nitrogens with zero attached hydrogens (tertiary/aromatic N) is 5. The van der Waals surface area contributed by atoms with Gasteiger partial charge in [0.25, 0.3) is 0 Å². The topological polar surface area (TPSA) is 117 Å². The summed E-state index contributed by atoms with van der Waals surface area (Å²) in [4.78, 5) is 11.9. The normalized spacial score (nSPS) is 15.8. The minimum absolute atomic E-state index is 0.0150. The molecule has 0 radical (unpaired) electrons. The molecule has 0 bridgehead atoms. The second kappa shape index (κ2) is 8.50. The number of hydrogen-bond acceptors (Lipinski definition) is 9. The molecule has 4 rings (SSSR count). The van der Waals surface area contributed by atoms with Gasteiger partial charge in [-0.2, -0.15) is 9.40 Å². The zero-order chi connectivity index (χ0) is 21.1. The van der Waals surface area contributed by atoms with E-state index in [4.69, 9.17) is 4.74 Å². The molecule has 1 saturated heterocycles. The Hall–Kier alpha value is -2.83. The van der Waals surface area contributed by atoms with Crippen molar-refractivity contribution in [3.63, 3.8) is 0 Å². The summed E-state index contributed by atoms with van der Waals surface area (Å²) >= 11 is 1.05. The molecule has 1 aliphatic rings. The molecule has 0 atom stereocenters. The lowest BCUT2D eigenvalue weighted by atomic mass is 10.1. The summed E-state index contributed by atoms with van der Waals surface area (Å²) in [6.07, 6.45) is 4.24. The van der Waals surface area contributed by atoms with E-state index >= 15 is 0 Å². The molecule has 0 aliphatic carbocycles. The van der Waals surface area contributed by atoms with Gasteiger partial charge in [0.15, 0.2) is 5.82 Å². The van der Waals surface area contributed by atoms with Crippen molar-refractivity contribution in [1.82, 2.24) is 24.3 Å². The Morgan fingerprint density at radius 3 is 2.63 bits per heavy atom. The lowest BCUT2D eigenvalue weighted by Gasteiger charge is -2.31. The summed E-state index contributed by atoms with van der Waals surface area (Å²) in [7, 11) is -2.55. The van der Waals surface area contributed by atoms with E-state index in [-0.39, 0.29) is 29.0 Å². The molecule has 0 unspecified atom stereocenters. The quantitative estimate of drug-likeness (QED) is 0.523. The van der Waals surface area contributed by atoms with Gasteiger partial charge in [0.1, 0.15) is 15.9 Å². The van der Waals surface area contributed by atoms with Crippen molar-refractivity contribution in [2.24, 2.45) is 0 Å². The van der Waals surface area contributed by atoms with Crippen molar-refractivity contribution < 1.29 is 22.7 Å². The number of esters is 1. The van der Waals surface area contributed by atoms with Gasteiger partial charge < -0.3 is 9.47 Å². The Morgan fingerprint density at radius 1 is 1.20 bits per heavy atom. The van der Waals surface area contributed by atoms with Gasteiger partial charge in [0, 0.05) is 31.5 Å². The largest absolute Gasteiger partial charge is 0.473 e. The molecule has 3 aromatic heterocycles. The third-order valence-corrected chi connectivity index (χ3v) is 7.64. The Balaban J connectivity index is 1.38. The number of carbonyl (C=O) groups is 1. The number of thiophene rings is 1. The number of piperidine rings is 1. The van der Waals surface area contributed by atoms with E-state index in [1.165, 1.54) is 17.5 Å². The van der Waals surface area contributed by atoms with Gasteiger partial charge >= 0.3 is 5.97 Å². The average Bonchev–Trinajstić information content (AvgIpc) is 3.47. The summed E-state index contributed by atoms with van der Waals surface area (Å²) in [5.41, 5.74) is 0.